The quantitative estimate of drug-likeness (QED) is 0.843. The molecule has 1 fully saturated rings. The highest BCUT2D eigenvalue weighted by Crippen LogP contribution is 2.19. The Morgan fingerprint density at radius 1 is 1.30 bits per heavy atom. The van der Waals surface area contributed by atoms with E-state index in [4.69, 9.17) is 4.74 Å². The lowest BCUT2D eigenvalue weighted by molar-refractivity contribution is -0.133. The van der Waals surface area contributed by atoms with Gasteiger partial charge in [-0.15, -0.1) is 0 Å². The molecule has 1 saturated heterocycles. The largest absolute Gasteiger partial charge is 0.497 e. The molecule has 23 heavy (non-hydrogen) atoms. The van der Waals surface area contributed by atoms with Crippen molar-refractivity contribution in [3.8, 4) is 5.75 Å². The number of piperidine rings is 1. The van der Waals surface area contributed by atoms with Gasteiger partial charge in [-0.25, -0.2) is 13.1 Å². The van der Waals surface area contributed by atoms with Crippen molar-refractivity contribution in [3.05, 3.63) is 29.8 Å². The monoisotopic (exact) mass is 340 g/mol. The summed E-state index contributed by atoms with van der Waals surface area (Å²) in [6.07, 6.45) is 4.27. The van der Waals surface area contributed by atoms with E-state index in [1.165, 1.54) is 0 Å². The van der Waals surface area contributed by atoms with E-state index in [1.807, 2.05) is 29.2 Å². The average molecular weight is 340 g/mol. The van der Waals surface area contributed by atoms with E-state index >= 15 is 0 Å². The van der Waals surface area contributed by atoms with Crippen molar-refractivity contribution in [2.24, 2.45) is 0 Å². The number of ether oxygens (including phenoxy) is 1. The number of nitrogens with zero attached hydrogens (tertiary/aromatic N) is 1. The van der Waals surface area contributed by atoms with Gasteiger partial charge < -0.3 is 9.64 Å². The lowest BCUT2D eigenvalue weighted by atomic mass is 10.0. The predicted molar refractivity (Wildman–Crippen MR) is 88.9 cm³/mol. The van der Waals surface area contributed by atoms with Crippen LogP contribution < -0.4 is 9.46 Å². The molecule has 0 bridgehead atoms. The molecule has 0 unspecified atom stereocenters. The average Bonchev–Trinajstić information content (AvgIpc) is 2.53. The van der Waals surface area contributed by atoms with Crippen molar-refractivity contribution in [2.75, 3.05) is 26.5 Å². The van der Waals surface area contributed by atoms with Gasteiger partial charge in [0.2, 0.25) is 15.9 Å². The van der Waals surface area contributed by atoms with Crippen LogP contribution >= 0.6 is 0 Å². The number of hydrogen-bond donors (Lipinski definition) is 1. The van der Waals surface area contributed by atoms with Crippen LogP contribution in [0.2, 0.25) is 0 Å². The molecule has 1 aliphatic heterocycles. The summed E-state index contributed by atoms with van der Waals surface area (Å²) >= 11 is 0. The molecule has 1 heterocycles. The van der Waals surface area contributed by atoms with Crippen LogP contribution in [0.1, 0.15) is 24.8 Å². The van der Waals surface area contributed by atoms with Crippen molar-refractivity contribution in [1.82, 2.24) is 9.62 Å². The van der Waals surface area contributed by atoms with Gasteiger partial charge in [-0.1, -0.05) is 12.1 Å². The van der Waals surface area contributed by atoms with E-state index in [2.05, 4.69) is 4.72 Å². The first kappa shape index (κ1) is 17.7. The fraction of sp³-hybridized carbons (Fsp3) is 0.562. The minimum Gasteiger partial charge on any atom is -0.497 e. The molecule has 1 aromatic carbocycles. The normalized spacial score (nSPS) is 18.7. The molecule has 1 aromatic rings. The second kappa shape index (κ2) is 7.79. The highest BCUT2D eigenvalue weighted by molar-refractivity contribution is 7.88. The molecule has 0 spiro atoms. The number of sulfonamides is 1. The third-order valence-electron chi connectivity index (χ3n) is 4.04. The van der Waals surface area contributed by atoms with E-state index in [-0.39, 0.29) is 18.5 Å². The van der Waals surface area contributed by atoms with Crippen LogP contribution in [0.5, 0.6) is 5.75 Å². The van der Waals surface area contributed by atoms with E-state index in [9.17, 15) is 13.2 Å². The molecule has 1 atom stereocenters. The minimum absolute atomic E-state index is 0.0372. The van der Waals surface area contributed by atoms with Gasteiger partial charge in [0.1, 0.15) is 5.75 Å². The molecular formula is C16H24N2O4S. The topological polar surface area (TPSA) is 75.7 Å². The molecule has 1 aliphatic rings. The Morgan fingerprint density at radius 2 is 2.00 bits per heavy atom. The molecule has 0 aromatic heterocycles. The van der Waals surface area contributed by atoms with Crippen molar-refractivity contribution in [1.29, 1.82) is 0 Å². The number of methoxy groups -OCH3 is 1. The van der Waals surface area contributed by atoms with Crippen LogP contribution in [0.25, 0.3) is 0 Å². The molecule has 0 radical (unpaired) electrons. The zero-order chi connectivity index (χ0) is 16.9. The second-order valence-electron chi connectivity index (χ2n) is 5.88. The smallest absolute Gasteiger partial charge is 0.227 e. The number of likely N-dealkylation sites (tertiary alicyclic amines) is 1. The molecular weight excluding hydrogens is 316 g/mol. The van der Waals surface area contributed by atoms with Crippen molar-refractivity contribution in [2.45, 2.75) is 31.7 Å². The molecule has 2 rings (SSSR count). The predicted octanol–water partition coefficient (Wildman–Crippen LogP) is 1.17. The summed E-state index contributed by atoms with van der Waals surface area (Å²) < 4.78 is 30.2. The molecule has 128 valence electrons. The lowest BCUT2D eigenvalue weighted by Crippen LogP contribution is -2.49. The molecule has 0 saturated carbocycles. The van der Waals surface area contributed by atoms with Gasteiger partial charge in [0.15, 0.2) is 0 Å². The summed E-state index contributed by atoms with van der Waals surface area (Å²) in [7, 11) is -1.64. The highest BCUT2D eigenvalue weighted by Gasteiger charge is 2.27. The number of rotatable bonds is 6. The van der Waals surface area contributed by atoms with E-state index in [1.54, 1.807) is 7.11 Å². The summed E-state index contributed by atoms with van der Waals surface area (Å²) in [5, 5.41) is 0. The van der Waals surface area contributed by atoms with Crippen LogP contribution in [-0.2, 0) is 21.2 Å². The van der Waals surface area contributed by atoms with E-state index in [0.717, 1.165) is 36.8 Å². The summed E-state index contributed by atoms with van der Waals surface area (Å²) in [4.78, 5) is 14.4. The number of amides is 1. The maximum absolute atomic E-state index is 12.6. The molecule has 7 heteroatoms. The van der Waals surface area contributed by atoms with Crippen LogP contribution in [0.4, 0.5) is 0 Å². The Kier molecular flexibility index (Phi) is 6.01. The van der Waals surface area contributed by atoms with Crippen molar-refractivity contribution < 1.29 is 17.9 Å². The maximum Gasteiger partial charge on any atom is 0.227 e. The zero-order valence-corrected chi connectivity index (χ0v) is 14.4. The SMILES string of the molecule is COc1ccc(CC(=O)N2CCCC[C@@H]2CNS(C)(=O)=O)cc1. The standard InChI is InChI=1S/C16H24N2O4S/c1-22-15-8-6-13(7-9-15)11-16(19)18-10-4-3-5-14(18)12-17-23(2,20)21/h6-9,14,17H,3-5,10-12H2,1-2H3/t14-/m1/s1. The van der Waals surface area contributed by atoms with Gasteiger partial charge >= 0.3 is 0 Å². The molecule has 6 nitrogen and oxygen atoms in total. The van der Waals surface area contributed by atoms with Crippen molar-refractivity contribution in [3.63, 3.8) is 0 Å². The number of benzene rings is 1. The summed E-state index contributed by atoms with van der Waals surface area (Å²) in [5.41, 5.74) is 0.927. The second-order valence-corrected chi connectivity index (χ2v) is 7.72. The van der Waals surface area contributed by atoms with Crippen LogP contribution in [0.15, 0.2) is 24.3 Å². The fourth-order valence-corrected chi connectivity index (χ4v) is 3.30. The Morgan fingerprint density at radius 3 is 2.61 bits per heavy atom. The Balaban J connectivity index is 1.99. The molecule has 0 aliphatic carbocycles. The fourth-order valence-electron chi connectivity index (χ4n) is 2.81. The van der Waals surface area contributed by atoms with Crippen molar-refractivity contribution >= 4 is 15.9 Å². The minimum atomic E-state index is -3.24. The summed E-state index contributed by atoms with van der Waals surface area (Å²) in [6, 6.07) is 7.36. The third kappa shape index (κ3) is 5.51. The number of nitrogens with one attached hydrogen (secondary N) is 1. The lowest BCUT2D eigenvalue weighted by Gasteiger charge is -2.36. The Labute approximate surface area is 137 Å². The number of carbonyl (C=O) groups excluding carboxylic acids is 1. The van der Waals surface area contributed by atoms with Crippen LogP contribution in [-0.4, -0.2) is 51.7 Å². The van der Waals surface area contributed by atoms with Crippen LogP contribution in [0.3, 0.4) is 0 Å². The van der Waals surface area contributed by atoms with Gasteiger partial charge in [-0.05, 0) is 37.0 Å². The molecule has 1 N–H and O–H groups in total. The van der Waals surface area contributed by atoms with Gasteiger partial charge in [-0.2, -0.15) is 0 Å². The third-order valence-corrected chi connectivity index (χ3v) is 4.73. The van der Waals surface area contributed by atoms with E-state index in [0.29, 0.717) is 13.0 Å². The van der Waals surface area contributed by atoms with Gasteiger partial charge in [-0.3, -0.25) is 4.79 Å². The highest BCUT2D eigenvalue weighted by atomic mass is 32.2. The summed E-state index contributed by atoms with van der Waals surface area (Å²) in [6.45, 7) is 0.971. The van der Waals surface area contributed by atoms with Crippen LogP contribution in [0, 0.1) is 0 Å². The first-order valence-corrected chi connectivity index (χ1v) is 9.65. The maximum atomic E-state index is 12.6. The van der Waals surface area contributed by atoms with Gasteiger partial charge in [0.05, 0.1) is 19.8 Å². The zero-order valence-electron chi connectivity index (χ0n) is 13.6. The van der Waals surface area contributed by atoms with E-state index < -0.39 is 10.0 Å². The number of carbonyl (C=O) groups is 1. The number of hydrogen-bond acceptors (Lipinski definition) is 4. The molecule has 1 amide bonds. The van der Waals surface area contributed by atoms with Gasteiger partial charge in [0, 0.05) is 19.1 Å². The first-order valence-electron chi connectivity index (χ1n) is 7.76. The Bertz CT molecular complexity index is 628. The first-order chi connectivity index (χ1) is 10.9. The summed E-state index contributed by atoms with van der Waals surface area (Å²) in [5.74, 6) is 0.796. The van der Waals surface area contributed by atoms with Gasteiger partial charge in [0.25, 0.3) is 0 Å². The Hall–Kier alpha value is -1.60.